The molecule has 106 valence electrons. The number of phenols is 1. The van der Waals surface area contributed by atoms with Crippen LogP contribution in [0.5, 0.6) is 11.5 Å². The highest BCUT2D eigenvalue weighted by Gasteiger charge is 2.06. The van der Waals surface area contributed by atoms with E-state index < -0.39 is 0 Å². The van der Waals surface area contributed by atoms with Gasteiger partial charge in [0.05, 0.1) is 18.2 Å². The number of nitrogens with one attached hydrogen (secondary N) is 1. The van der Waals surface area contributed by atoms with E-state index in [1.54, 1.807) is 19.2 Å². The van der Waals surface area contributed by atoms with Gasteiger partial charge in [-0.15, -0.1) is 0 Å². The van der Waals surface area contributed by atoms with Crippen LogP contribution in [-0.4, -0.2) is 17.3 Å². The van der Waals surface area contributed by atoms with Gasteiger partial charge in [0.2, 0.25) is 0 Å². The molecular weight excluding hydrogens is 322 g/mol. The quantitative estimate of drug-likeness (QED) is 0.783. The second kappa shape index (κ2) is 6.63. The van der Waals surface area contributed by atoms with Crippen molar-refractivity contribution in [1.29, 1.82) is 0 Å². The van der Waals surface area contributed by atoms with Gasteiger partial charge in [-0.1, -0.05) is 12.1 Å². The summed E-state index contributed by atoms with van der Waals surface area (Å²) in [6, 6.07) is 11.0. The Morgan fingerprint density at radius 2 is 2.00 bits per heavy atom. The average Bonchev–Trinajstić information content (AvgIpc) is 2.48. The highest BCUT2D eigenvalue weighted by atomic mass is 79.9. The summed E-state index contributed by atoms with van der Waals surface area (Å²) in [4.78, 5) is 0. The number of halogens is 1. The first-order chi connectivity index (χ1) is 9.65. The number of hydrogen-bond donors (Lipinski definition) is 3. The number of aliphatic hydroxyl groups excluding tert-OH is 1. The lowest BCUT2D eigenvalue weighted by atomic mass is 10.1. The van der Waals surface area contributed by atoms with Gasteiger partial charge >= 0.3 is 0 Å². The van der Waals surface area contributed by atoms with Crippen molar-refractivity contribution in [2.75, 3.05) is 12.4 Å². The molecule has 3 N–H and O–H groups in total. The minimum absolute atomic E-state index is 0.0825. The molecule has 4 nitrogen and oxygen atoms in total. The van der Waals surface area contributed by atoms with E-state index >= 15 is 0 Å². The zero-order chi connectivity index (χ0) is 14.5. The number of hydrogen-bond acceptors (Lipinski definition) is 4. The molecule has 0 radical (unpaired) electrons. The van der Waals surface area contributed by atoms with Crippen LogP contribution in [0, 0.1) is 0 Å². The van der Waals surface area contributed by atoms with Gasteiger partial charge in [0.1, 0.15) is 11.5 Å². The second-order valence-corrected chi connectivity index (χ2v) is 5.14. The molecule has 2 rings (SSSR count). The molecule has 0 heterocycles. The summed E-state index contributed by atoms with van der Waals surface area (Å²) in [5.41, 5.74) is 2.37. The Hall–Kier alpha value is -1.72. The molecule has 2 aromatic rings. The maximum atomic E-state index is 9.91. The van der Waals surface area contributed by atoms with E-state index in [-0.39, 0.29) is 12.4 Å². The SMILES string of the molecule is COc1ccc(NCc2cccc(Br)c2O)cc1CO. The third kappa shape index (κ3) is 3.23. The Labute approximate surface area is 126 Å². The van der Waals surface area contributed by atoms with Crippen molar-refractivity contribution < 1.29 is 14.9 Å². The largest absolute Gasteiger partial charge is 0.506 e. The van der Waals surface area contributed by atoms with E-state index in [1.807, 2.05) is 24.3 Å². The summed E-state index contributed by atoms with van der Waals surface area (Å²) in [6.45, 7) is 0.406. The number of phenolic OH excluding ortho intramolecular Hbond substituents is 1. The van der Waals surface area contributed by atoms with Crippen molar-refractivity contribution >= 4 is 21.6 Å². The molecule has 0 aromatic heterocycles. The van der Waals surface area contributed by atoms with Crippen LogP contribution in [0.2, 0.25) is 0 Å². The molecule has 0 aliphatic carbocycles. The molecule has 0 amide bonds. The first-order valence-corrected chi connectivity index (χ1v) is 6.93. The summed E-state index contributed by atoms with van der Waals surface area (Å²) in [5.74, 6) is 0.888. The number of aromatic hydroxyl groups is 1. The predicted molar refractivity (Wildman–Crippen MR) is 82.1 cm³/mol. The molecule has 0 saturated heterocycles. The highest BCUT2D eigenvalue weighted by Crippen LogP contribution is 2.28. The van der Waals surface area contributed by atoms with Crippen LogP contribution in [0.25, 0.3) is 0 Å². The van der Waals surface area contributed by atoms with E-state index in [0.717, 1.165) is 16.8 Å². The number of rotatable bonds is 5. The molecular formula is C15H16BrNO3. The Morgan fingerprint density at radius 1 is 1.20 bits per heavy atom. The zero-order valence-corrected chi connectivity index (χ0v) is 12.6. The van der Waals surface area contributed by atoms with E-state index in [9.17, 15) is 10.2 Å². The number of para-hydroxylation sites is 1. The number of aliphatic hydroxyl groups is 1. The van der Waals surface area contributed by atoms with Gasteiger partial charge in [-0.05, 0) is 40.2 Å². The summed E-state index contributed by atoms with van der Waals surface area (Å²) >= 11 is 3.29. The van der Waals surface area contributed by atoms with E-state index in [4.69, 9.17) is 4.74 Å². The summed E-state index contributed by atoms with van der Waals surface area (Å²) in [6.07, 6.45) is 0. The van der Waals surface area contributed by atoms with Crippen molar-refractivity contribution in [3.63, 3.8) is 0 Å². The Morgan fingerprint density at radius 3 is 2.70 bits per heavy atom. The normalized spacial score (nSPS) is 10.3. The first kappa shape index (κ1) is 14.7. The van der Waals surface area contributed by atoms with Crippen molar-refractivity contribution in [2.45, 2.75) is 13.2 Å². The summed E-state index contributed by atoms with van der Waals surface area (Å²) in [7, 11) is 1.57. The monoisotopic (exact) mass is 337 g/mol. The third-order valence-corrected chi connectivity index (χ3v) is 3.64. The van der Waals surface area contributed by atoms with Gasteiger partial charge in [-0.2, -0.15) is 0 Å². The minimum Gasteiger partial charge on any atom is -0.506 e. The van der Waals surface area contributed by atoms with Crippen molar-refractivity contribution in [3.8, 4) is 11.5 Å². The van der Waals surface area contributed by atoms with Crippen LogP contribution in [0.1, 0.15) is 11.1 Å². The molecule has 20 heavy (non-hydrogen) atoms. The zero-order valence-electron chi connectivity index (χ0n) is 11.1. The van der Waals surface area contributed by atoms with Gasteiger partial charge in [-0.3, -0.25) is 0 Å². The Kier molecular flexibility index (Phi) is 4.87. The van der Waals surface area contributed by atoms with Crippen LogP contribution < -0.4 is 10.1 Å². The molecule has 0 spiro atoms. The third-order valence-electron chi connectivity index (χ3n) is 3.00. The van der Waals surface area contributed by atoms with Crippen LogP contribution in [-0.2, 0) is 13.2 Å². The van der Waals surface area contributed by atoms with Gasteiger partial charge in [0, 0.05) is 23.4 Å². The molecule has 0 saturated carbocycles. The standard InChI is InChI=1S/C15H16BrNO3/c1-20-14-6-5-12(7-11(14)9-18)17-8-10-3-2-4-13(16)15(10)19/h2-7,17-19H,8-9H2,1H3. The highest BCUT2D eigenvalue weighted by molar-refractivity contribution is 9.10. The minimum atomic E-state index is -0.0825. The van der Waals surface area contributed by atoms with Gasteiger partial charge in [0.15, 0.2) is 0 Å². The smallest absolute Gasteiger partial charge is 0.134 e. The van der Waals surface area contributed by atoms with Gasteiger partial charge in [-0.25, -0.2) is 0 Å². The van der Waals surface area contributed by atoms with E-state index in [0.29, 0.717) is 16.8 Å². The molecule has 0 bridgehead atoms. The Bertz CT molecular complexity index is 602. The molecule has 0 atom stereocenters. The summed E-state index contributed by atoms with van der Waals surface area (Å²) < 4.78 is 5.82. The van der Waals surface area contributed by atoms with E-state index in [2.05, 4.69) is 21.2 Å². The fraction of sp³-hybridized carbons (Fsp3) is 0.200. The predicted octanol–water partition coefficient (Wildman–Crippen LogP) is 3.27. The number of benzene rings is 2. The lowest BCUT2D eigenvalue weighted by Gasteiger charge is -2.12. The van der Waals surface area contributed by atoms with Crippen LogP contribution >= 0.6 is 15.9 Å². The topological polar surface area (TPSA) is 61.7 Å². The van der Waals surface area contributed by atoms with Crippen LogP contribution in [0.3, 0.4) is 0 Å². The molecule has 5 heteroatoms. The average molecular weight is 338 g/mol. The molecule has 0 aliphatic heterocycles. The van der Waals surface area contributed by atoms with Gasteiger partial charge in [0.25, 0.3) is 0 Å². The maximum absolute atomic E-state index is 9.91. The van der Waals surface area contributed by atoms with Gasteiger partial charge < -0.3 is 20.3 Å². The molecule has 2 aromatic carbocycles. The van der Waals surface area contributed by atoms with Crippen LogP contribution in [0.15, 0.2) is 40.9 Å². The lowest BCUT2D eigenvalue weighted by Crippen LogP contribution is -2.01. The number of anilines is 1. The fourth-order valence-electron chi connectivity index (χ4n) is 1.91. The lowest BCUT2D eigenvalue weighted by molar-refractivity contribution is 0.274. The molecule has 0 aliphatic rings. The Balaban J connectivity index is 2.13. The van der Waals surface area contributed by atoms with Crippen molar-refractivity contribution in [1.82, 2.24) is 0 Å². The molecule has 0 unspecified atom stereocenters. The van der Waals surface area contributed by atoms with Crippen LogP contribution in [0.4, 0.5) is 5.69 Å². The first-order valence-electron chi connectivity index (χ1n) is 6.13. The fourth-order valence-corrected chi connectivity index (χ4v) is 2.32. The second-order valence-electron chi connectivity index (χ2n) is 4.29. The van der Waals surface area contributed by atoms with Crippen molar-refractivity contribution in [2.24, 2.45) is 0 Å². The van der Waals surface area contributed by atoms with Crippen molar-refractivity contribution in [3.05, 3.63) is 52.0 Å². The number of methoxy groups -OCH3 is 1. The number of ether oxygens (including phenoxy) is 1. The van der Waals surface area contributed by atoms with E-state index in [1.165, 1.54) is 0 Å². The molecule has 0 fully saturated rings. The summed E-state index contributed by atoms with van der Waals surface area (Å²) in [5, 5.41) is 22.4. The maximum Gasteiger partial charge on any atom is 0.134 e.